The predicted molar refractivity (Wildman–Crippen MR) is 128 cm³/mol. The Morgan fingerprint density at radius 3 is 2.09 bits per heavy atom. The van der Waals surface area contributed by atoms with Gasteiger partial charge in [0.15, 0.2) is 0 Å². The lowest BCUT2D eigenvalue weighted by Gasteiger charge is -2.34. The van der Waals surface area contributed by atoms with Gasteiger partial charge in [0, 0.05) is 31.9 Å². The van der Waals surface area contributed by atoms with Gasteiger partial charge >= 0.3 is 0 Å². The second-order valence-electron chi connectivity index (χ2n) is 9.01. The topological polar surface area (TPSA) is 54.0 Å². The number of anilines is 3. The van der Waals surface area contributed by atoms with E-state index >= 15 is 0 Å². The van der Waals surface area contributed by atoms with Crippen molar-refractivity contribution >= 4 is 23.0 Å². The molecule has 0 spiro atoms. The van der Waals surface area contributed by atoms with Crippen LogP contribution in [0.4, 0.5) is 17.1 Å². The Morgan fingerprint density at radius 2 is 1.44 bits per heavy atom. The van der Waals surface area contributed by atoms with E-state index in [1.807, 2.05) is 18.2 Å². The summed E-state index contributed by atoms with van der Waals surface area (Å²) in [6.45, 7) is 6.39. The molecular formula is C26H33N3O3. The first-order valence-corrected chi connectivity index (χ1v) is 11.9. The first kappa shape index (κ1) is 21.3. The maximum atomic E-state index is 13.8. The first-order valence-electron chi connectivity index (χ1n) is 11.9. The van der Waals surface area contributed by atoms with E-state index < -0.39 is 5.41 Å². The molecule has 0 unspecified atom stereocenters. The Hall–Kier alpha value is -2.57. The summed E-state index contributed by atoms with van der Waals surface area (Å²) in [7, 11) is 0. The number of nitrogens with one attached hydrogen (secondary N) is 1. The van der Waals surface area contributed by atoms with E-state index in [0.29, 0.717) is 13.2 Å². The fourth-order valence-corrected chi connectivity index (χ4v) is 5.33. The van der Waals surface area contributed by atoms with Gasteiger partial charge in [0.05, 0.1) is 43.2 Å². The average Bonchev–Trinajstić information content (AvgIpc) is 3.37. The smallest absolute Gasteiger partial charge is 0.235 e. The van der Waals surface area contributed by atoms with Crippen LogP contribution in [0.1, 0.15) is 31.2 Å². The van der Waals surface area contributed by atoms with Crippen molar-refractivity contribution in [2.45, 2.75) is 31.1 Å². The van der Waals surface area contributed by atoms with Crippen LogP contribution in [0.2, 0.25) is 0 Å². The second kappa shape index (κ2) is 9.51. The van der Waals surface area contributed by atoms with Gasteiger partial charge in [-0.25, -0.2) is 0 Å². The van der Waals surface area contributed by atoms with Crippen molar-refractivity contribution < 1.29 is 14.3 Å². The van der Waals surface area contributed by atoms with Crippen molar-refractivity contribution in [3.8, 4) is 0 Å². The molecule has 3 fully saturated rings. The number of carbonyl (C=O) groups excluding carboxylic acids is 1. The molecule has 0 aromatic heterocycles. The fraction of sp³-hybridized carbons (Fsp3) is 0.500. The zero-order valence-corrected chi connectivity index (χ0v) is 18.7. The summed E-state index contributed by atoms with van der Waals surface area (Å²) in [5.41, 5.74) is 3.87. The van der Waals surface area contributed by atoms with Crippen LogP contribution in [0.3, 0.4) is 0 Å². The van der Waals surface area contributed by atoms with Gasteiger partial charge in [-0.15, -0.1) is 0 Å². The highest BCUT2D eigenvalue weighted by Crippen LogP contribution is 2.43. The number of carbonyl (C=O) groups is 1. The Kier molecular flexibility index (Phi) is 6.32. The van der Waals surface area contributed by atoms with Crippen molar-refractivity contribution in [1.82, 2.24) is 0 Å². The minimum Gasteiger partial charge on any atom is -0.378 e. The molecule has 1 amide bonds. The van der Waals surface area contributed by atoms with E-state index in [9.17, 15) is 4.79 Å². The Labute approximate surface area is 190 Å². The largest absolute Gasteiger partial charge is 0.378 e. The number of ether oxygens (including phenoxy) is 2. The van der Waals surface area contributed by atoms with Crippen molar-refractivity contribution in [2.75, 3.05) is 67.7 Å². The molecule has 2 heterocycles. The number of hydrogen-bond donors (Lipinski definition) is 1. The van der Waals surface area contributed by atoms with Crippen LogP contribution in [-0.4, -0.2) is 58.5 Å². The molecule has 5 rings (SSSR count). The third-order valence-electron chi connectivity index (χ3n) is 7.18. The molecule has 170 valence electrons. The predicted octanol–water partition coefficient (Wildman–Crippen LogP) is 3.81. The van der Waals surface area contributed by atoms with Crippen LogP contribution < -0.4 is 15.1 Å². The van der Waals surface area contributed by atoms with Gasteiger partial charge in [0.2, 0.25) is 5.91 Å². The number of nitrogens with zero attached hydrogens (tertiary/aromatic N) is 2. The van der Waals surface area contributed by atoms with E-state index in [-0.39, 0.29) is 5.91 Å². The molecule has 0 bridgehead atoms. The molecule has 2 aliphatic heterocycles. The number of rotatable bonds is 5. The van der Waals surface area contributed by atoms with E-state index in [1.54, 1.807) is 0 Å². The summed E-state index contributed by atoms with van der Waals surface area (Å²) in [6, 6.07) is 16.8. The highest BCUT2D eigenvalue weighted by Gasteiger charge is 2.42. The van der Waals surface area contributed by atoms with Crippen molar-refractivity contribution in [1.29, 1.82) is 0 Å². The van der Waals surface area contributed by atoms with Crippen molar-refractivity contribution in [3.63, 3.8) is 0 Å². The third-order valence-corrected chi connectivity index (χ3v) is 7.18. The highest BCUT2D eigenvalue weighted by molar-refractivity contribution is 6.02. The maximum Gasteiger partial charge on any atom is 0.235 e. The molecule has 1 saturated carbocycles. The second-order valence-corrected chi connectivity index (χ2v) is 9.01. The van der Waals surface area contributed by atoms with Gasteiger partial charge in [0.1, 0.15) is 0 Å². The number of morpholine rings is 2. The molecule has 0 atom stereocenters. The lowest BCUT2D eigenvalue weighted by molar-refractivity contribution is -0.121. The SMILES string of the molecule is O=C(Nc1ccc(N2CCOCC2)cc1N1CCOCC1)C1(c2ccccc2)CCCC1. The molecule has 2 aromatic carbocycles. The standard InChI is InChI=1S/C26H33N3O3/c30-25(26(10-4-5-11-26)21-6-2-1-3-7-21)27-23-9-8-22(28-12-16-31-17-13-28)20-24(23)29-14-18-32-19-15-29/h1-3,6-9,20H,4-5,10-19H2,(H,27,30). The molecule has 32 heavy (non-hydrogen) atoms. The molecular weight excluding hydrogens is 402 g/mol. The Bertz CT molecular complexity index is 915. The van der Waals surface area contributed by atoms with E-state index in [4.69, 9.17) is 9.47 Å². The van der Waals surface area contributed by atoms with Gasteiger partial charge in [0.25, 0.3) is 0 Å². The molecule has 0 radical (unpaired) electrons. The van der Waals surface area contributed by atoms with Crippen LogP contribution in [0.15, 0.2) is 48.5 Å². The van der Waals surface area contributed by atoms with E-state index in [2.05, 4.69) is 45.4 Å². The zero-order valence-electron chi connectivity index (χ0n) is 18.7. The number of benzene rings is 2. The van der Waals surface area contributed by atoms with E-state index in [1.165, 1.54) is 5.69 Å². The number of amides is 1. The van der Waals surface area contributed by atoms with Gasteiger partial charge in [-0.2, -0.15) is 0 Å². The zero-order chi connectivity index (χ0) is 21.8. The summed E-state index contributed by atoms with van der Waals surface area (Å²) in [5.74, 6) is 0.120. The first-order chi connectivity index (χ1) is 15.8. The Morgan fingerprint density at radius 1 is 0.812 bits per heavy atom. The normalized spacial score (nSPS) is 20.9. The quantitative estimate of drug-likeness (QED) is 0.774. The van der Waals surface area contributed by atoms with Crippen LogP contribution in [0.5, 0.6) is 0 Å². The van der Waals surface area contributed by atoms with Gasteiger partial charge in [-0.1, -0.05) is 43.2 Å². The molecule has 3 aliphatic rings. The lowest BCUT2D eigenvalue weighted by atomic mass is 9.78. The van der Waals surface area contributed by atoms with Crippen LogP contribution in [0.25, 0.3) is 0 Å². The highest BCUT2D eigenvalue weighted by atomic mass is 16.5. The minimum atomic E-state index is -0.438. The molecule has 1 aliphatic carbocycles. The van der Waals surface area contributed by atoms with Gasteiger partial charge in [-0.05, 0) is 36.6 Å². The molecule has 6 heteroatoms. The molecule has 2 aromatic rings. The average molecular weight is 436 g/mol. The van der Waals surface area contributed by atoms with Crippen LogP contribution in [0, 0.1) is 0 Å². The van der Waals surface area contributed by atoms with Crippen molar-refractivity contribution in [3.05, 3.63) is 54.1 Å². The maximum absolute atomic E-state index is 13.8. The van der Waals surface area contributed by atoms with Gasteiger partial charge < -0.3 is 24.6 Å². The minimum absolute atomic E-state index is 0.120. The number of hydrogen-bond acceptors (Lipinski definition) is 5. The third kappa shape index (κ3) is 4.21. The van der Waals surface area contributed by atoms with Gasteiger partial charge in [-0.3, -0.25) is 4.79 Å². The monoisotopic (exact) mass is 435 g/mol. The molecule has 6 nitrogen and oxygen atoms in total. The fourth-order valence-electron chi connectivity index (χ4n) is 5.33. The van der Waals surface area contributed by atoms with E-state index in [0.717, 1.165) is 82.0 Å². The summed E-state index contributed by atoms with van der Waals surface area (Å²) >= 11 is 0. The Balaban J connectivity index is 1.45. The molecule has 2 saturated heterocycles. The summed E-state index contributed by atoms with van der Waals surface area (Å²) in [5, 5.41) is 3.35. The summed E-state index contributed by atoms with van der Waals surface area (Å²) in [6.07, 6.45) is 3.99. The lowest BCUT2D eigenvalue weighted by Crippen LogP contribution is -2.40. The summed E-state index contributed by atoms with van der Waals surface area (Å²) < 4.78 is 11.1. The van der Waals surface area contributed by atoms with Crippen LogP contribution in [-0.2, 0) is 19.7 Å². The van der Waals surface area contributed by atoms with Crippen molar-refractivity contribution in [2.24, 2.45) is 0 Å². The summed E-state index contributed by atoms with van der Waals surface area (Å²) in [4.78, 5) is 18.5. The molecule has 1 N–H and O–H groups in total. The van der Waals surface area contributed by atoms with Crippen LogP contribution >= 0.6 is 0 Å².